The second-order valence-electron chi connectivity index (χ2n) is 3.94. The fraction of sp³-hybridized carbons (Fsp3) is 0.364. The quantitative estimate of drug-likeness (QED) is 0.693. The molecule has 4 N–H and O–H groups in total. The maximum atomic E-state index is 12.2. The third-order valence-corrected chi connectivity index (χ3v) is 4.52. The van der Waals surface area contributed by atoms with E-state index in [2.05, 4.69) is 0 Å². The Morgan fingerprint density at radius 3 is 2.53 bits per heavy atom. The van der Waals surface area contributed by atoms with Crippen LogP contribution in [0.1, 0.15) is 10.4 Å². The normalized spacial score (nSPS) is 11.7. The molecule has 1 amide bonds. The molecule has 0 radical (unpaired) electrons. The number of nitrogens with zero attached hydrogens (tertiary/aromatic N) is 1. The van der Waals surface area contributed by atoms with Crippen LogP contribution in [0.5, 0.6) is 0 Å². The first-order valence-electron chi connectivity index (χ1n) is 5.45. The maximum Gasteiger partial charge on any atom is 0.248 e. The summed E-state index contributed by atoms with van der Waals surface area (Å²) in [5.74, 6) is -0.664. The van der Waals surface area contributed by atoms with E-state index < -0.39 is 15.9 Å². The van der Waals surface area contributed by atoms with Gasteiger partial charge in [0, 0.05) is 26.3 Å². The van der Waals surface area contributed by atoms with E-state index in [0.717, 1.165) is 4.31 Å². The average Bonchev–Trinajstić information content (AvgIpc) is 2.35. The lowest BCUT2D eigenvalue weighted by Crippen LogP contribution is -2.30. The average molecular weight is 287 g/mol. The number of hydrogen-bond acceptors (Lipinski definition) is 5. The Kier molecular flexibility index (Phi) is 4.87. The lowest BCUT2D eigenvalue weighted by molar-refractivity contribution is 0.1000. The summed E-state index contributed by atoms with van der Waals surface area (Å²) < 4.78 is 30.4. The number of methoxy groups -OCH3 is 1. The predicted molar refractivity (Wildman–Crippen MR) is 71.1 cm³/mol. The minimum Gasteiger partial charge on any atom is -0.398 e. The number of amides is 1. The molecule has 0 spiro atoms. The second kappa shape index (κ2) is 6.00. The Morgan fingerprint density at radius 1 is 1.42 bits per heavy atom. The fourth-order valence-corrected chi connectivity index (χ4v) is 2.69. The van der Waals surface area contributed by atoms with Gasteiger partial charge in [0.15, 0.2) is 0 Å². The van der Waals surface area contributed by atoms with Crippen molar-refractivity contribution in [2.24, 2.45) is 5.73 Å². The van der Waals surface area contributed by atoms with Crippen LogP contribution >= 0.6 is 0 Å². The van der Waals surface area contributed by atoms with Crippen molar-refractivity contribution < 1.29 is 17.9 Å². The summed E-state index contributed by atoms with van der Waals surface area (Å²) >= 11 is 0. The molecule has 0 aliphatic heterocycles. The molecule has 0 saturated carbocycles. The molecule has 0 aliphatic rings. The van der Waals surface area contributed by atoms with E-state index in [4.69, 9.17) is 16.2 Å². The SMILES string of the molecule is COCCN(C)S(=O)(=O)c1ccc(C(N)=O)cc1N. The van der Waals surface area contributed by atoms with Crippen molar-refractivity contribution in [3.63, 3.8) is 0 Å². The zero-order valence-electron chi connectivity index (χ0n) is 10.8. The molecule has 1 rings (SSSR count). The van der Waals surface area contributed by atoms with E-state index in [1.807, 2.05) is 0 Å². The molecule has 0 aromatic heterocycles. The highest BCUT2D eigenvalue weighted by molar-refractivity contribution is 7.89. The van der Waals surface area contributed by atoms with Gasteiger partial charge in [0.1, 0.15) is 4.90 Å². The maximum absolute atomic E-state index is 12.2. The molecule has 7 nitrogen and oxygen atoms in total. The smallest absolute Gasteiger partial charge is 0.248 e. The lowest BCUT2D eigenvalue weighted by atomic mass is 10.2. The van der Waals surface area contributed by atoms with Crippen LogP contribution in [0.3, 0.4) is 0 Å². The minimum absolute atomic E-state index is 0.0134. The topological polar surface area (TPSA) is 116 Å². The first kappa shape index (κ1) is 15.4. The van der Waals surface area contributed by atoms with Gasteiger partial charge < -0.3 is 16.2 Å². The van der Waals surface area contributed by atoms with Gasteiger partial charge in [-0.2, -0.15) is 4.31 Å². The third kappa shape index (κ3) is 3.43. The number of carbonyl (C=O) groups is 1. The number of nitrogen functional groups attached to an aromatic ring is 1. The number of sulfonamides is 1. The van der Waals surface area contributed by atoms with E-state index in [0.29, 0.717) is 0 Å². The lowest BCUT2D eigenvalue weighted by Gasteiger charge is -2.18. The van der Waals surface area contributed by atoms with Gasteiger partial charge in [0.25, 0.3) is 0 Å². The molecule has 1 aromatic carbocycles. The first-order chi connectivity index (χ1) is 8.80. The van der Waals surface area contributed by atoms with Crippen LogP contribution in [0.4, 0.5) is 5.69 Å². The van der Waals surface area contributed by atoms with E-state index in [1.54, 1.807) is 0 Å². The number of ether oxygens (including phenoxy) is 1. The van der Waals surface area contributed by atoms with Gasteiger partial charge in [0.2, 0.25) is 15.9 Å². The van der Waals surface area contributed by atoms with Gasteiger partial charge in [-0.05, 0) is 18.2 Å². The number of carbonyl (C=O) groups excluding carboxylic acids is 1. The largest absolute Gasteiger partial charge is 0.398 e. The Bertz CT molecular complexity index is 571. The number of rotatable bonds is 6. The zero-order valence-corrected chi connectivity index (χ0v) is 11.6. The molecule has 0 atom stereocenters. The summed E-state index contributed by atoms with van der Waals surface area (Å²) in [4.78, 5) is 10.9. The van der Waals surface area contributed by atoms with E-state index in [-0.39, 0.29) is 29.3 Å². The standard InChI is InChI=1S/C11H17N3O4S/c1-14(5-6-18-2)19(16,17)10-4-3-8(11(13)15)7-9(10)12/h3-4,7H,5-6,12H2,1-2H3,(H2,13,15). The van der Waals surface area contributed by atoms with Gasteiger partial charge >= 0.3 is 0 Å². The monoisotopic (exact) mass is 287 g/mol. The van der Waals surface area contributed by atoms with Crippen molar-refractivity contribution in [2.45, 2.75) is 4.90 Å². The molecule has 8 heteroatoms. The van der Waals surface area contributed by atoms with Crippen molar-refractivity contribution in [3.8, 4) is 0 Å². The summed E-state index contributed by atoms with van der Waals surface area (Å²) in [6.45, 7) is 0.477. The Labute approximate surface area is 112 Å². The molecular formula is C11H17N3O4S. The van der Waals surface area contributed by atoms with Gasteiger partial charge in [-0.1, -0.05) is 0 Å². The summed E-state index contributed by atoms with van der Waals surface area (Å²) in [5.41, 5.74) is 10.9. The Morgan fingerprint density at radius 2 is 2.05 bits per heavy atom. The van der Waals surface area contributed by atoms with E-state index in [9.17, 15) is 13.2 Å². The Hall–Kier alpha value is -1.64. The van der Waals surface area contributed by atoms with Gasteiger partial charge in [0.05, 0.1) is 12.3 Å². The van der Waals surface area contributed by atoms with Crippen LogP contribution in [0, 0.1) is 0 Å². The van der Waals surface area contributed by atoms with Gasteiger partial charge in [-0.25, -0.2) is 8.42 Å². The van der Waals surface area contributed by atoms with Gasteiger partial charge in [-0.3, -0.25) is 4.79 Å². The molecule has 0 fully saturated rings. The highest BCUT2D eigenvalue weighted by atomic mass is 32.2. The summed E-state index contributed by atoms with van der Waals surface area (Å²) in [6.07, 6.45) is 0. The number of hydrogen-bond donors (Lipinski definition) is 2. The minimum atomic E-state index is -3.71. The molecular weight excluding hydrogens is 270 g/mol. The van der Waals surface area contributed by atoms with Crippen LogP contribution in [-0.2, 0) is 14.8 Å². The number of nitrogens with two attached hydrogens (primary N) is 2. The molecule has 19 heavy (non-hydrogen) atoms. The van der Waals surface area contributed by atoms with Crippen molar-refractivity contribution >= 4 is 21.6 Å². The van der Waals surface area contributed by atoms with Crippen LogP contribution in [-0.4, -0.2) is 45.9 Å². The number of benzene rings is 1. The zero-order chi connectivity index (χ0) is 14.6. The predicted octanol–water partition coefficient (Wildman–Crippen LogP) is -0.365. The van der Waals surface area contributed by atoms with Crippen molar-refractivity contribution in [1.82, 2.24) is 4.31 Å². The molecule has 0 bridgehead atoms. The summed E-state index contributed by atoms with van der Waals surface area (Å²) in [6, 6.07) is 3.85. The first-order valence-corrected chi connectivity index (χ1v) is 6.89. The summed E-state index contributed by atoms with van der Waals surface area (Å²) in [7, 11) is -0.799. The van der Waals surface area contributed by atoms with Crippen LogP contribution in [0.15, 0.2) is 23.1 Å². The highest BCUT2D eigenvalue weighted by Gasteiger charge is 2.23. The number of likely N-dealkylation sites (N-methyl/N-ethyl adjacent to an activating group) is 1. The molecule has 0 heterocycles. The number of primary amides is 1. The van der Waals surface area contributed by atoms with Crippen LogP contribution in [0.25, 0.3) is 0 Å². The molecule has 0 saturated heterocycles. The fourth-order valence-electron chi connectivity index (χ4n) is 1.44. The van der Waals surface area contributed by atoms with Crippen LogP contribution in [0.2, 0.25) is 0 Å². The molecule has 0 aliphatic carbocycles. The van der Waals surface area contributed by atoms with Crippen molar-refractivity contribution in [1.29, 1.82) is 0 Å². The molecule has 0 unspecified atom stereocenters. The van der Waals surface area contributed by atoms with Crippen LogP contribution < -0.4 is 11.5 Å². The summed E-state index contributed by atoms with van der Waals surface area (Å²) in [5, 5.41) is 0. The highest BCUT2D eigenvalue weighted by Crippen LogP contribution is 2.22. The van der Waals surface area contributed by atoms with Crippen molar-refractivity contribution in [3.05, 3.63) is 23.8 Å². The number of anilines is 1. The van der Waals surface area contributed by atoms with E-state index in [1.165, 1.54) is 32.4 Å². The molecule has 106 valence electrons. The van der Waals surface area contributed by atoms with Crippen molar-refractivity contribution in [2.75, 3.05) is 33.0 Å². The molecule has 1 aromatic rings. The Balaban J connectivity index is 3.12. The second-order valence-corrected chi connectivity index (χ2v) is 5.95. The van der Waals surface area contributed by atoms with E-state index >= 15 is 0 Å². The van der Waals surface area contributed by atoms with Gasteiger partial charge in [-0.15, -0.1) is 0 Å². The third-order valence-electron chi connectivity index (χ3n) is 2.59.